The highest BCUT2D eigenvalue weighted by Gasteiger charge is 2.34. The van der Waals surface area contributed by atoms with Gasteiger partial charge in [-0.3, -0.25) is 0 Å². The molecule has 1 N–H and O–H groups in total. The topological polar surface area (TPSA) is 47.9 Å². The molecule has 0 aliphatic carbocycles. The summed E-state index contributed by atoms with van der Waals surface area (Å²) in [4.78, 5) is 0. The van der Waals surface area contributed by atoms with Gasteiger partial charge in [0.2, 0.25) is 0 Å². The van der Waals surface area contributed by atoms with Crippen LogP contribution in [0.25, 0.3) is 0 Å². The van der Waals surface area contributed by atoms with Crippen LogP contribution >= 0.6 is 0 Å². The largest absolute Gasteiger partial charge is 0.391 e. The summed E-state index contributed by atoms with van der Waals surface area (Å²) in [6.45, 7) is 5.79. The van der Waals surface area contributed by atoms with Crippen LogP contribution in [-0.2, 0) is 14.2 Å². The van der Waals surface area contributed by atoms with E-state index >= 15 is 0 Å². The summed E-state index contributed by atoms with van der Waals surface area (Å²) in [6.07, 6.45) is -1.31. The van der Waals surface area contributed by atoms with Gasteiger partial charge in [0.15, 0.2) is 0 Å². The van der Waals surface area contributed by atoms with E-state index < -0.39 is 6.10 Å². The molecule has 4 nitrogen and oxygen atoms in total. The summed E-state index contributed by atoms with van der Waals surface area (Å²) < 4.78 is 16.0. The molecular formula is C11H24O4. The molecule has 0 aromatic heterocycles. The first-order chi connectivity index (χ1) is 6.99. The van der Waals surface area contributed by atoms with Gasteiger partial charge in [0.05, 0.1) is 12.2 Å². The molecule has 92 valence electrons. The van der Waals surface area contributed by atoms with Crippen molar-refractivity contribution in [3.05, 3.63) is 0 Å². The van der Waals surface area contributed by atoms with Gasteiger partial charge in [0.25, 0.3) is 0 Å². The molecule has 0 bridgehead atoms. The van der Waals surface area contributed by atoms with Crippen molar-refractivity contribution < 1.29 is 19.3 Å². The zero-order valence-corrected chi connectivity index (χ0v) is 10.6. The SMILES string of the molecule is COC(C(C)C)C(OC)C(OC)C(C)O. The second kappa shape index (κ2) is 7.17. The summed E-state index contributed by atoms with van der Waals surface area (Å²) in [7, 11) is 4.81. The monoisotopic (exact) mass is 220 g/mol. The van der Waals surface area contributed by atoms with Gasteiger partial charge < -0.3 is 19.3 Å². The smallest absolute Gasteiger partial charge is 0.112 e. The Morgan fingerprint density at radius 2 is 1.13 bits per heavy atom. The van der Waals surface area contributed by atoms with Crippen LogP contribution < -0.4 is 0 Å². The molecule has 0 spiro atoms. The number of hydrogen-bond acceptors (Lipinski definition) is 4. The summed E-state index contributed by atoms with van der Waals surface area (Å²) in [6, 6.07) is 0. The van der Waals surface area contributed by atoms with Crippen molar-refractivity contribution >= 4 is 0 Å². The van der Waals surface area contributed by atoms with E-state index in [-0.39, 0.29) is 18.3 Å². The third kappa shape index (κ3) is 4.07. The average Bonchev–Trinajstić information content (AvgIpc) is 2.16. The lowest BCUT2D eigenvalue weighted by Gasteiger charge is -2.34. The molecule has 0 aromatic rings. The fourth-order valence-corrected chi connectivity index (χ4v) is 1.85. The van der Waals surface area contributed by atoms with E-state index in [1.54, 1.807) is 28.3 Å². The standard InChI is InChI=1S/C11H24O4/c1-7(2)9(13-4)11(15-6)10(14-5)8(3)12/h7-12H,1-6H3. The minimum absolute atomic E-state index is 0.0884. The number of rotatable bonds is 7. The molecule has 0 aliphatic rings. The summed E-state index contributed by atoms with van der Waals surface area (Å²) in [5.41, 5.74) is 0. The highest BCUT2D eigenvalue weighted by Crippen LogP contribution is 2.19. The van der Waals surface area contributed by atoms with Crippen LogP contribution in [0.3, 0.4) is 0 Å². The van der Waals surface area contributed by atoms with Crippen molar-refractivity contribution in [2.45, 2.75) is 45.2 Å². The van der Waals surface area contributed by atoms with Gasteiger partial charge in [0.1, 0.15) is 12.2 Å². The van der Waals surface area contributed by atoms with Gasteiger partial charge >= 0.3 is 0 Å². The lowest BCUT2D eigenvalue weighted by molar-refractivity contribution is -0.148. The third-order valence-corrected chi connectivity index (χ3v) is 2.60. The van der Waals surface area contributed by atoms with Gasteiger partial charge in [-0.25, -0.2) is 0 Å². The Labute approximate surface area is 92.5 Å². The lowest BCUT2D eigenvalue weighted by Crippen LogP contribution is -2.48. The summed E-state index contributed by atoms with van der Waals surface area (Å²) >= 11 is 0. The maximum atomic E-state index is 9.58. The molecule has 0 heterocycles. The van der Waals surface area contributed by atoms with E-state index in [0.29, 0.717) is 5.92 Å². The average molecular weight is 220 g/mol. The molecule has 0 amide bonds. The van der Waals surface area contributed by atoms with Gasteiger partial charge in [0, 0.05) is 21.3 Å². The summed E-state index contributed by atoms with van der Waals surface area (Å²) in [5.74, 6) is 0.302. The predicted octanol–water partition coefficient (Wildman–Crippen LogP) is 1.07. The van der Waals surface area contributed by atoms with Gasteiger partial charge in [-0.15, -0.1) is 0 Å². The van der Waals surface area contributed by atoms with E-state index in [0.717, 1.165) is 0 Å². The molecular weight excluding hydrogens is 196 g/mol. The van der Waals surface area contributed by atoms with Crippen LogP contribution in [0.1, 0.15) is 20.8 Å². The molecule has 4 heteroatoms. The Kier molecular flexibility index (Phi) is 7.09. The number of ether oxygens (including phenoxy) is 3. The van der Waals surface area contributed by atoms with Crippen LogP contribution in [0.15, 0.2) is 0 Å². The molecule has 0 radical (unpaired) electrons. The predicted molar refractivity (Wildman–Crippen MR) is 58.9 cm³/mol. The van der Waals surface area contributed by atoms with Crippen molar-refractivity contribution in [3.8, 4) is 0 Å². The first-order valence-electron chi connectivity index (χ1n) is 5.26. The Hall–Kier alpha value is -0.160. The Balaban J connectivity index is 4.68. The zero-order valence-electron chi connectivity index (χ0n) is 10.6. The van der Waals surface area contributed by atoms with E-state index in [1.165, 1.54) is 0 Å². The molecule has 0 saturated heterocycles. The second-order valence-corrected chi connectivity index (χ2v) is 4.09. The molecule has 0 rings (SSSR count). The normalized spacial score (nSPS) is 20.0. The molecule has 0 aliphatic heterocycles. The van der Waals surface area contributed by atoms with Crippen LogP contribution in [0.2, 0.25) is 0 Å². The molecule has 4 unspecified atom stereocenters. The fraction of sp³-hybridized carbons (Fsp3) is 1.00. The van der Waals surface area contributed by atoms with E-state index in [2.05, 4.69) is 13.8 Å². The first-order valence-corrected chi connectivity index (χ1v) is 5.26. The molecule has 15 heavy (non-hydrogen) atoms. The number of methoxy groups -OCH3 is 3. The molecule has 0 aromatic carbocycles. The van der Waals surface area contributed by atoms with Crippen molar-refractivity contribution in [1.29, 1.82) is 0 Å². The maximum Gasteiger partial charge on any atom is 0.112 e. The molecule has 0 fully saturated rings. The third-order valence-electron chi connectivity index (χ3n) is 2.60. The van der Waals surface area contributed by atoms with Crippen LogP contribution in [-0.4, -0.2) is 50.9 Å². The minimum Gasteiger partial charge on any atom is -0.391 e. The van der Waals surface area contributed by atoms with Gasteiger partial charge in [-0.05, 0) is 12.8 Å². The molecule has 4 atom stereocenters. The van der Waals surface area contributed by atoms with Crippen LogP contribution in [0.4, 0.5) is 0 Å². The highest BCUT2D eigenvalue weighted by molar-refractivity contribution is 4.84. The van der Waals surface area contributed by atoms with Gasteiger partial charge in [-0.2, -0.15) is 0 Å². The van der Waals surface area contributed by atoms with Crippen molar-refractivity contribution in [3.63, 3.8) is 0 Å². The quantitative estimate of drug-likeness (QED) is 0.697. The zero-order chi connectivity index (χ0) is 12.0. The van der Waals surface area contributed by atoms with Crippen molar-refractivity contribution in [2.24, 2.45) is 5.92 Å². The Morgan fingerprint density at radius 3 is 1.33 bits per heavy atom. The van der Waals surface area contributed by atoms with Crippen molar-refractivity contribution in [2.75, 3.05) is 21.3 Å². The minimum atomic E-state index is -0.587. The lowest BCUT2D eigenvalue weighted by atomic mass is 9.95. The van der Waals surface area contributed by atoms with E-state index in [4.69, 9.17) is 14.2 Å². The van der Waals surface area contributed by atoms with Crippen molar-refractivity contribution in [1.82, 2.24) is 0 Å². The van der Waals surface area contributed by atoms with E-state index in [9.17, 15) is 5.11 Å². The number of aliphatic hydroxyl groups is 1. The van der Waals surface area contributed by atoms with Crippen LogP contribution in [0.5, 0.6) is 0 Å². The van der Waals surface area contributed by atoms with Crippen LogP contribution in [0, 0.1) is 5.92 Å². The Bertz CT molecular complexity index is 143. The highest BCUT2D eigenvalue weighted by atomic mass is 16.6. The molecule has 0 saturated carbocycles. The van der Waals surface area contributed by atoms with Gasteiger partial charge in [-0.1, -0.05) is 13.8 Å². The Morgan fingerprint density at radius 1 is 0.733 bits per heavy atom. The second-order valence-electron chi connectivity index (χ2n) is 4.09. The summed E-state index contributed by atoms with van der Waals surface area (Å²) in [5, 5.41) is 9.58. The maximum absolute atomic E-state index is 9.58. The fourth-order valence-electron chi connectivity index (χ4n) is 1.85. The number of hydrogen-bond donors (Lipinski definition) is 1. The first kappa shape index (κ1) is 14.8. The number of aliphatic hydroxyl groups excluding tert-OH is 1. The van der Waals surface area contributed by atoms with E-state index in [1.807, 2.05) is 0 Å².